The van der Waals surface area contributed by atoms with Crippen LogP contribution in [0.25, 0.3) is 17.0 Å². The topological polar surface area (TPSA) is 60.5 Å². The molecule has 1 N–H and O–H groups in total. The molecule has 0 atom stereocenters. The van der Waals surface area contributed by atoms with E-state index in [0.29, 0.717) is 22.2 Å². The van der Waals surface area contributed by atoms with Crippen molar-refractivity contribution in [1.29, 1.82) is 0 Å². The van der Waals surface area contributed by atoms with Crippen molar-refractivity contribution >= 4 is 40.2 Å². The van der Waals surface area contributed by atoms with Gasteiger partial charge in [0.15, 0.2) is 11.5 Å². The Kier molecular flexibility index (Phi) is 5.62. The average Bonchev–Trinajstić information content (AvgIpc) is 2.66. The van der Waals surface area contributed by atoms with Gasteiger partial charge >= 0.3 is 0 Å². The minimum Gasteiger partial charge on any atom is -0.493 e. The molecule has 6 heteroatoms. The second-order valence-electron chi connectivity index (χ2n) is 5.89. The van der Waals surface area contributed by atoms with Crippen LogP contribution in [0.4, 0.5) is 5.69 Å². The number of ether oxygens (including phenoxy) is 2. The number of hydrogen-bond donors (Lipinski definition) is 1. The molecule has 5 nitrogen and oxygen atoms in total. The molecule has 138 valence electrons. The van der Waals surface area contributed by atoms with Crippen LogP contribution in [-0.2, 0) is 4.79 Å². The predicted molar refractivity (Wildman–Crippen MR) is 109 cm³/mol. The number of methoxy groups -OCH3 is 2. The number of para-hydroxylation sites is 1. The SMILES string of the molecule is COc1cc(C=CC(=O)Nc2cccc3ccc(C)nc23)cc(Cl)c1OC. The number of benzene rings is 2. The lowest BCUT2D eigenvalue weighted by Gasteiger charge is -2.10. The zero-order valence-corrected chi connectivity index (χ0v) is 16.0. The molecule has 0 spiro atoms. The number of rotatable bonds is 5. The minimum atomic E-state index is -0.267. The fourth-order valence-corrected chi connectivity index (χ4v) is 3.02. The molecule has 0 aliphatic heterocycles. The fourth-order valence-electron chi connectivity index (χ4n) is 2.73. The molecule has 0 radical (unpaired) electrons. The largest absolute Gasteiger partial charge is 0.493 e. The van der Waals surface area contributed by atoms with Crippen molar-refractivity contribution in [3.8, 4) is 11.5 Å². The third-order valence-corrected chi connectivity index (χ3v) is 4.28. The summed E-state index contributed by atoms with van der Waals surface area (Å²) in [5.41, 5.74) is 3.03. The van der Waals surface area contributed by atoms with Crippen molar-refractivity contribution in [1.82, 2.24) is 4.98 Å². The number of hydrogen-bond acceptors (Lipinski definition) is 4. The van der Waals surface area contributed by atoms with Gasteiger partial charge in [0.25, 0.3) is 0 Å². The van der Waals surface area contributed by atoms with Crippen LogP contribution in [0.5, 0.6) is 11.5 Å². The highest BCUT2D eigenvalue weighted by atomic mass is 35.5. The van der Waals surface area contributed by atoms with Gasteiger partial charge in [0.05, 0.1) is 30.4 Å². The first-order valence-corrected chi connectivity index (χ1v) is 8.66. The van der Waals surface area contributed by atoms with Crippen LogP contribution in [0.2, 0.25) is 5.02 Å². The first-order chi connectivity index (χ1) is 13.0. The maximum Gasteiger partial charge on any atom is 0.248 e. The molecule has 0 unspecified atom stereocenters. The highest BCUT2D eigenvalue weighted by Gasteiger charge is 2.10. The number of carbonyl (C=O) groups excluding carboxylic acids is 1. The monoisotopic (exact) mass is 382 g/mol. The number of pyridine rings is 1. The number of amides is 1. The van der Waals surface area contributed by atoms with Crippen LogP contribution < -0.4 is 14.8 Å². The summed E-state index contributed by atoms with van der Waals surface area (Å²) in [6, 6.07) is 13.0. The second kappa shape index (κ2) is 8.10. The summed E-state index contributed by atoms with van der Waals surface area (Å²) in [5.74, 6) is 0.688. The summed E-state index contributed by atoms with van der Waals surface area (Å²) >= 11 is 6.19. The van der Waals surface area contributed by atoms with Crippen LogP contribution in [0.3, 0.4) is 0 Å². The first-order valence-electron chi connectivity index (χ1n) is 8.29. The van der Waals surface area contributed by atoms with E-state index in [9.17, 15) is 4.79 Å². The van der Waals surface area contributed by atoms with E-state index in [1.165, 1.54) is 20.3 Å². The van der Waals surface area contributed by atoms with Gasteiger partial charge in [-0.25, -0.2) is 0 Å². The van der Waals surface area contributed by atoms with E-state index in [1.807, 2.05) is 37.3 Å². The van der Waals surface area contributed by atoms with Crippen LogP contribution in [0.1, 0.15) is 11.3 Å². The van der Waals surface area contributed by atoms with Crippen molar-refractivity contribution in [2.75, 3.05) is 19.5 Å². The number of nitrogens with zero attached hydrogens (tertiary/aromatic N) is 1. The predicted octanol–water partition coefficient (Wildman–Crippen LogP) is 4.87. The lowest BCUT2D eigenvalue weighted by Crippen LogP contribution is -2.08. The standard InChI is InChI=1S/C21H19ClN2O3/c1-13-7-9-15-5-4-6-17(20(15)23-13)24-19(25)10-8-14-11-16(22)21(27-3)18(12-14)26-2/h4-12H,1-3H3,(H,24,25). The molecular formula is C21H19ClN2O3. The van der Waals surface area contributed by atoms with Gasteiger partial charge in [-0.15, -0.1) is 0 Å². The van der Waals surface area contributed by atoms with Crippen LogP contribution in [-0.4, -0.2) is 25.1 Å². The van der Waals surface area contributed by atoms with Gasteiger partial charge in [-0.2, -0.15) is 0 Å². The second-order valence-corrected chi connectivity index (χ2v) is 6.30. The summed E-state index contributed by atoms with van der Waals surface area (Å²) in [6.45, 7) is 1.92. The van der Waals surface area contributed by atoms with E-state index in [4.69, 9.17) is 21.1 Å². The van der Waals surface area contributed by atoms with E-state index in [1.54, 1.807) is 18.2 Å². The van der Waals surface area contributed by atoms with E-state index < -0.39 is 0 Å². The lowest BCUT2D eigenvalue weighted by atomic mass is 10.1. The summed E-state index contributed by atoms with van der Waals surface area (Å²) in [5, 5.41) is 4.25. The number of aryl methyl sites for hydroxylation is 1. The molecule has 0 saturated heterocycles. The number of fused-ring (bicyclic) bond motifs is 1. The highest BCUT2D eigenvalue weighted by Crippen LogP contribution is 2.36. The number of carbonyl (C=O) groups is 1. The maximum absolute atomic E-state index is 12.4. The Morgan fingerprint density at radius 1 is 1.15 bits per heavy atom. The highest BCUT2D eigenvalue weighted by molar-refractivity contribution is 6.32. The van der Waals surface area contributed by atoms with E-state index >= 15 is 0 Å². The fraction of sp³-hybridized carbons (Fsp3) is 0.143. The van der Waals surface area contributed by atoms with Crippen molar-refractivity contribution in [2.24, 2.45) is 0 Å². The number of halogens is 1. The van der Waals surface area contributed by atoms with Crippen molar-refractivity contribution in [3.63, 3.8) is 0 Å². The molecule has 27 heavy (non-hydrogen) atoms. The molecular weight excluding hydrogens is 364 g/mol. The number of anilines is 1. The van der Waals surface area contributed by atoms with Crippen molar-refractivity contribution in [3.05, 3.63) is 64.8 Å². The van der Waals surface area contributed by atoms with Crippen LogP contribution in [0, 0.1) is 6.92 Å². The average molecular weight is 383 g/mol. The normalized spacial score (nSPS) is 11.0. The molecule has 0 fully saturated rings. The van der Waals surface area contributed by atoms with E-state index in [0.717, 1.165) is 22.2 Å². The number of nitrogens with one attached hydrogen (secondary N) is 1. The summed E-state index contributed by atoms with van der Waals surface area (Å²) in [6.07, 6.45) is 3.10. The Hall–Kier alpha value is -3.05. The van der Waals surface area contributed by atoms with Crippen LogP contribution in [0.15, 0.2) is 48.5 Å². The summed E-state index contributed by atoms with van der Waals surface area (Å²) in [4.78, 5) is 16.9. The van der Waals surface area contributed by atoms with Gasteiger partial charge in [-0.1, -0.05) is 29.8 Å². The molecule has 0 aliphatic carbocycles. The summed E-state index contributed by atoms with van der Waals surface area (Å²) in [7, 11) is 3.05. The smallest absolute Gasteiger partial charge is 0.248 e. The van der Waals surface area contributed by atoms with Gasteiger partial charge in [0.2, 0.25) is 5.91 Å². The first kappa shape index (κ1) is 18.7. The Morgan fingerprint density at radius 2 is 1.96 bits per heavy atom. The molecule has 2 aromatic carbocycles. The zero-order valence-electron chi connectivity index (χ0n) is 15.2. The van der Waals surface area contributed by atoms with Gasteiger partial charge in [0, 0.05) is 17.2 Å². The van der Waals surface area contributed by atoms with E-state index in [-0.39, 0.29) is 5.91 Å². The van der Waals surface area contributed by atoms with Crippen LogP contribution >= 0.6 is 11.6 Å². The molecule has 3 rings (SSSR count). The molecule has 1 aromatic heterocycles. The Morgan fingerprint density at radius 3 is 2.70 bits per heavy atom. The Bertz CT molecular complexity index is 1030. The van der Waals surface area contributed by atoms with Gasteiger partial charge < -0.3 is 14.8 Å². The molecule has 0 aliphatic rings. The van der Waals surface area contributed by atoms with Gasteiger partial charge in [-0.05, 0) is 42.8 Å². The maximum atomic E-state index is 12.4. The van der Waals surface area contributed by atoms with Gasteiger partial charge in [0.1, 0.15) is 0 Å². The zero-order chi connectivity index (χ0) is 19.4. The molecule has 1 heterocycles. The Balaban J connectivity index is 1.82. The Labute approximate surface area is 162 Å². The van der Waals surface area contributed by atoms with Gasteiger partial charge in [-0.3, -0.25) is 9.78 Å². The van der Waals surface area contributed by atoms with Crippen molar-refractivity contribution in [2.45, 2.75) is 6.92 Å². The van der Waals surface area contributed by atoms with E-state index in [2.05, 4.69) is 10.3 Å². The molecule has 1 amide bonds. The quantitative estimate of drug-likeness (QED) is 0.640. The minimum absolute atomic E-state index is 0.267. The molecule has 3 aromatic rings. The third-order valence-electron chi connectivity index (χ3n) is 4.00. The number of aromatic nitrogens is 1. The van der Waals surface area contributed by atoms with Crippen molar-refractivity contribution < 1.29 is 14.3 Å². The molecule has 0 saturated carbocycles. The summed E-state index contributed by atoms with van der Waals surface area (Å²) < 4.78 is 10.5. The third kappa shape index (κ3) is 4.20. The molecule has 0 bridgehead atoms. The lowest BCUT2D eigenvalue weighted by molar-refractivity contribution is -0.111.